The summed E-state index contributed by atoms with van der Waals surface area (Å²) in [5, 5.41) is 11.7. The molecule has 1 aromatic heterocycles. The number of hydrogen-bond acceptors (Lipinski definition) is 6. The van der Waals surface area contributed by atoms with Crippen molar-refractivity contribution in [2.45, 2.75) is 6.92 Å². The standard InChI is InChI=1S/C8H10N2O4S/c1-2-14-5(11)3-9-7-6(8(12)13)10-4-15-7/h4,9H,2-3H2,1H3,(H,12,13). The number of hydrogen-bond donors (Lipinski definition) is 2. The molecule has 1 aromatic rings. The summed E-state index contributed by atoms with van der Waals surface area (Å²) in [6.07, 6.45) is 0. The van der Waals surface area contributed by atoms with E-state index in [1.165, 1.54) is 5.51 Å². The lowest BCUT2D eigenvalue weighted by atomic mass is 10.4. The Kier molecular flexibility index (Phi) is 4.04. The van der Waals surface area contributed by atoms with Gasteiger partial charge in [-0.3, -0.25) is 4.79 Å². The van der Waals surface area contributed by atoms with Crippen molar-refractivity contribution in [3.8, 4) is 0 Å². The quantitative estimate of drug-likeness (QED) is 0.728. The summed E-state index contributed by atoms with van der Waals surface area (Å²) < 4.78 is 4.68. The van der Waals surface area contributed by atoms with Crippen LogP contribution < -0.4 is 5.32 Å². The van der Waals surface area contributed by atoms with Crippen LogP contribution in [0.3, 0.4) is 0 Å². The molecule has 2 N–H and O–H groups in total. The van der Waals surface area contributed by atoms with Gasteiger partial charge in [-0.05, 0) is 6.92 Å². The Morgan fingerprint density at radius 1 is 1.67 bits per heavy atom. The molecule has 0 amide bonds. The zero-order chi connectivity index (χ0) is 11.3. The number of carbonyl (C=O) groups excluding carboxylic acids is 1. The SMILES string of the molecule is CCOC(=O)CNc1scnc1C(=O)O. The largest absolute Gasteiger partial charge is 0.476 e. The highest BCUT2D eigenvalue weighted by Crippen LogP contribution is 2.19. The summed E-state index contributed by atoms with van der Waals surface area (Å²) in [5.41, 5.74) is 1.32. The van der Waals surface area contributed by atoms with E-state index in [2.05, 4.69) is 15.0 Å². The second-order valence-electron chi connectivity index (χ2n) is 2.49. The number of thiazole rings is 1. The molecule has 0 fully saturated rings. The average Bonchev–Trinajstić information content (AvgIpc) is 2.63. The molecule has 0 aliphatic rings. The number of nitrogens with one attached hydrogen (secondary N) is 1. The predicted molar refractivity (Wildman–Crippen MR) is 54.2 cm³/mol. The number of aromatic carboxylic acids is 1. The summed E-state index contributed by atoms with van der Waals surface area (Å²) in [5.74, 6) is -1.55. The molecular weight excluding hydrogens is 220 g/mol. The molecule has 0 unspecified atom stereocenters. The third kappa shape index (κ3) is 3.21. The highest BCUT2D eigenvalue weighted by Gasteiger charge is 2.14. The van der Waals surface area contributed by atoms with E-state index < -0.39 is 11.9 Å². The van der Waals surface area contributed by atoms with E-state index >= 15 is 0 Å². The summed E-state index contributed by atoms with van der Waals surface area (Å²) in [6.45, 7) is 1.94. The maximum atomic E-state index is 11.0. The van der Waals surface area contributed by atoms with Gasteiger partial charge in [0.15, 0.2) is 5.69 Å². The number of aromatic nitrogens is 1. The molecule has 0 saturated heterocycles. The lowest BCUT2D eigenvalue weighted by molar-refractivity contribution is -0.140. The van der Waals surface area contributed by atoms with Gasteiger partial charge in [-0.25, -0.2) is 9.78 Å². The van der Waals surface area contributed by atoms with E-state index in [-0.39, 0.29) is 12.2 Å². The molecule has 0 atom stereocenters. The number of carboxylic acids is 1. The van der Waals surface area contributed by atoms with Crippen molar-refractivity contribution in [1.82, 2.24) is 4.98 Å². The third-order valence-electron chi connectivity index (χ3n) is 1.47. The molecule has 0 saturated carbocycles. The van der Waals surface area contributed by atoms with E-state index in [0.717, 1.165) is 11.3 Å². The van der Waals surface area contributed by atoms with Gasteiger partial charge in [0.2, 0.25) is 0 Å². The van der Waals surface area contributed by atoms with Crippen LogP contribution in [-0.4, -0.2) is 35.2 Å². The van der Waals surface area contributed by atoms with Crippen LogP contribution in [0.5, 0.6) is 0 Å². The summed E-state index contributed by atoms with van der Waals surface area (Å²) >= 11 is 1.13. The monoisotopic (exact) mass is 230 g/mol. The fourth-order valence-electron chi connectivity index (χ4n) is 0.888. The van der Waals surface area contributed by atoms with Crippen molar-refractivity contribution < 1.29 is 19.4 Å². The van der Waals surface area contributed by atoms with Gasteiger partial charge >= 0.3 is 11.9 Å². The van der Waals surface area contributed by atoms with Crippen LogP contribution in [0.4, 0.5) is 5.00 Å². The Morgan fingerprint density at radius 3 is 3.00 bits per heavy atom. The van der Waals surface area contributed by atoms with Gasteiger partial charge in [-0.2, -0.15) is 0 Å². The molecule has 0 radical (unpaired) electrons. The fourth-order valence-corrected chi connectivity index (χ4v) is 1.56. The minimum absolute atomic E-state index is 0.0592. The molecule has 0 bridgehead atoms. The highest BCUT2D eigenvalue weighted by atomic mass is 32.1. The molecule has 6 nitrogen and oxygen atoms in total. The first kappa shape index (κ1) is 11.4. The second kappa shape index (κ2) is 5.30. The van der Waals surface area contributed by atoms with E-state index in [9.17, 15) is 9.59 Å². The topological polar surface area (TPSA) is 88.5 Å². The maximum absolute atomic E-state index is 11.0. The Labute approximate surface area is 89.9 Å². The molecule has 0 aliphatic carbocycles. The first-order valence-corrected chi connectivity index (χ1v) is 5.09. The minimum atomic E-state index is -1.12. The first-order valence-electron chi connectivity index (χ1n) is 4.21. The van der Waals surface area contributed by atoms with Gasteiger partial charge in [0.25, 0.3) is 0 Å². The minimum Gasteiger partial charge on any atom is -0.476 e. The van der Waals surface area contributed by atoms with Crippen LogP contribution in [-0.2, 0) is 9.53 Å². The van der Waals surface area contributed by atoms with Crippen molar-refractivity contribution in [3.05, 3.63) is 11.2 Å². The summed E-state index contributed by atoms with van der Waals surface area (Å²) in [6, 6.07) is 0. The lowest BCUT2D eigenvalue weighted by Gasteiger charge is -2.03. The van der Waals surface area contributed by atoms with Crippen LogP contribution >= 0.6 is 11.3 Å². The lowest BCUT2D eigenvalue weighted by Crippen LogP contribution is -2.17. The van der Waals surface area contributed by atoms with Crippen LogP contribution in [0, 0.1) is 0 Å². The van der Waals surface area contributed by atoms with E-state index in [4.69, 9.17) is 5.11 Å². The molecule has 82 valence electrons. The van der Waals surface area contributed by atoms with E-state index in [1.807, 2.05) is 0 Å². The van der Waals surface area contributed by atoms with Gasteiger partial charge in [0, 0.05) is 0 Å². The number of ether oxygens (including phenoxy) is 1. The first-order chi connectivity index (χ1) is 7.15. The Balaban J connectivity index is 2.54. The number of carbonyl (C=O) groups is 2. The molecule has 7 heteroatoms. The fraction of sp³-hybridized carbons (Fsp3) is 0.375. The summed E-state index contributed by atoms with van der Waals surface area (Å²) in [4.78, 5) is 25.3. The van der Waals surface area contributed by atoms with Gasteiger partial charge in [0.1, 0.15) is 11.5 Å². The Morgan fingerprint density at radius 2 is 2.40 bits per heavy atom. The van der Waals surface area contributed by atoms with Gasteiger partial charge in [0.05, 0.1) is 12.1 Å². The zero-order valence-electron chi connectivity index (χ0n) is 8.02. The Bertz CT molecular complexity index is 363. The number of anilines is 1. The molecule has 0 spiro atoms. The molecule has 0 aromatic carbocycles. The number of rotatable bonds is 5. The zero-order valence-corrected chi connectivity index (χ0v) is 8.84. The van der Waals surface area contributed by atoms with Gasteiger partial charge in [-0.15, -0.1) is 11.3 Å². The average molecular weight is 230 g/mol. The van der Waals surface area contributed by atoms with E-state index in [0.29, 0.717) is 11.6 Å². The van der Waals surface area contributed by atoms with Gasteiger partial charge in [-0.1, -0.05) is 0 Å². The molecule has 0 aliphatic heterocycles. The number of nitrogens with zero attached hydrogens (tertiary/aromatic N) is 1. The van der Waals surface area contributed by atoms with Crippen LogP contribution in [0.25, 0.3) is 0 Å². The summed E-state index contributed by atoms with van der Waals surface area (Å²) in [7, 11) is 0. The second-order valence-corrected chi connectivity index (χ2v) is 3.35. The molecule has 15 heavy (non-hydrogen) atoms. The number of carboxylic acid groups (broad SMARTS) is 1. The van der Waals surface area contributed by atoms with Crippen molar-refractivity contribution in [3.63, 3.8) is 0 Å². The van der Waals surface area contributed by atoms with Crippen molar-refractivity contribution in [2.75, 3.05) is 18.5 Å². The maximum Gasteiger partial charge on any atom is 0.357 e. The van der Waals surface area contributed by atoms with Gasteiger partial charge < -0.3 is 15.2 Å². The third-order valence-corrected chi connectivity index (χ3v) is 2.25. The smallest absolute Gasteiger partial charge is 0.357 e. The molecule has 1 heterocycles. The van der Waals surface area contributed by atoms with Crippen LogP contribution in [0.15, 0.2) is 5.51 Å². The normalized spacial score (nSPS) is 9.67. The van der Waals surface area contributed by atoms with Crippen molar-refractivity contribution in [2.24, 2.45) is 0 Å². The molecule has 1 rings (SSSR count). The van der Waals surface area contributed by atoms with Crippen LogP contribution in [0.1, 0.15) is 17.4 Å². The molecular formula is C8H10N2O4S. The van der Waals surface area contributed by atoms with Crippen molar-refractivity contribution in [1.29, 1.82) is 0 Å². The van der Waals surface area contributed by atoms with E-state index in [1.54, 1.807) is 6.92 Å². The Hall–Kier alpha value is -1.63. The number of esters is 1. The van der Waals surface area contributed by atoms with Crippen molar-refractivity contribution >= 4 is 28.3 Å². The highest BCUT2D eigenvalue weighted by molar-refractivity contribution is 7.14. The van der Waals surface area contributed by atoms with Crippen LogP contribution in [0.2, 0.25) is 0 Å². The predicted octanol–water partition coefficient (Wildman–Crippen LogP) is 0.816.